The van der Waals surface area contributed by atoms with Crippen molar-refractivity contribution in [3.8, 4) is 5.75 Å². The van der Waals surface area contributed by atoms with Gasteiger partial charge in [-0.25, -0.2) is 8.42 Å². The maximum Gasteiger partial charge on any atom is 0.253 e. The Hall–Kier alpha value is -3.07. The number of rotatable bonds is 8. The molecule has 0 unspecified atom stereocenters. The van der Waals surface area contributed by atoms with E-state index < -0.39 is 22.0 Å². The van der Waals surface area contributed by atoms with Crippen molar-refractivity contribution in [2.45, 2.75) is 39.8 Å². The van der Waals surface area contributed by atoms with E-state index in [0.29, 0.717) is 11.4 Å². The zero-order valence-corrected chi connectivity index (χ0v) is 19.4. The van der Waals surface area contributed by atoms with Gasteiger partial charge in [-0.05, 0) is 57.5 Å². The molecule has 2 aromatic rings. The molecule has 0 saturated carbocycles. The van der Waals surface area contributed by atoms with Gasteiger partial charge < -0.3 is 15.4 Å². The molecule has 31 heavy (non-hydrogen) atoms. The number of carbonyl (C=O) groups is 2. The first-order valence-electron chi connectivity index (χ1n) is 9.80. The molecule has 0 aliphatic carbocycles. The fraction of sp³-hybridized carbons (Fsp3) is 0.364. The highest BCUT2D eigenvalue weighted by Crippen LogP contribution is 2.33. The van der Waals surface area contributed by atoms with Gasteiger partial charge in [-0.2, -0.15) is 0 Å². The number of aryl methyl sites for hydroxylation is 1. The van der Waals surface area contributed by atoms with Crippen LogP contribution >= 0.6 is 0 Å². The summed E-state index contributed by atoms with van der Waals surface area (Å²) >= 11 is 0. The number of benzene rings is 2. The molecule has 9 heteroatoms. The van der Waals surface area contributed by atoms with Crippen LogP contribution in [-0.4, -0.2) is 45.7 Å². The van der Waals surface area contributed by atoms with Crippen molar-refractivity contribution in [1.29, 1.82) is 0 Å². The molecule has 2 N–H and O–H groups in total. The highest BCUT2D eigenvalue weighted by molar-refractivity contribution is 7.92. The standard InChI is InChI=1S/C22H29N3O5S/c1-14(2)23-22(27)17-9-7-8-10-18(17)24-21(26)16(4)25(31(6,28)29)19-13-15(3)11-12-20(19)30-5/h7-14,16H,1-6H3,(H,23,27)(H,24,26)/t16-/m1/s1. The minimum Gasteiger partial charge on any atom is -0.495 e. The number of nitrogens with zero attached hydrogens (tertiary/aromatic N) is 1. The van der Waals surface area contributed by atoms with E-state index in [1.165, 1.54) is 14.0 Å². The number of hydrogen-bond donors (Lipinski definition) is 2. The van der Waals surface area contributed by atoms with Crippen molar-refractivity contribution in [3.05, 3.63) is 53.6 Å². The number of carbonyl (C=O) groups excluding carboxylic acids is 2. The van der Waals surface area contributed by atoms with E-state index in [9.17, 15) is 18.0 Å². The van der Waals surface area contributed by atoms with Crippen LogP contribution in [0.2, 0.25) is 0 Å². The molecule has 2 amide bonds. The molecule has 0 aromatic heterocycles. The lowest BCUT2D eigenvalue weighted by Gasteiger charge is -2.29. The fourth-order valence-corrected chi connectivity index (χ4v) is 4.29. The summed E-state index contributed by atoms with van der Waals surface area (Å²) < 4.78 is 31.6. The molecular weight excluding hydrogens is 418 g/mol. The van der Waals surface area contributed by atoms with Crippen LogP contribution in [0.1, 0.15) is 36.7 Å². The number of anilines is 2. The second-order valence-corrected chi connectivity index (χ2v) is 9.43. The maximum atomic E-state index is 13.1. The van der Waals surface area contributed by atoms with Gasteiger partial charge in [0.1, 0.15) is 11.8 Å². The van der Waals surface area contributed by atoms with E-state index in [1.807, 2.05) is 20.8 Å². The summed E-state index contributed by atoms with van der Waals surface area (Å²) in [5.41, 5.74) is 1.66. The average molecular weight is 448 g/mol. The number of amides is 2. The average Bonchev–Trinajstić information content (AvgIpc) is 2.67. The van der Waals surface area contributed by atoms with E-state index in [1.54, 1.807) is 42.5 Å². The summed E-state index contributed by atoms with van der Waals surface area (Å²) in [6.45, 7) is 6.97. The quantitative estimate of drug-likeness (QED) is 0.647. The van der Waals surface area contributed by atoms with Crippen LogP contribution in [0.5, 0.6) is 5.75 Å². The highest BCUT2D eigenvalue weighted by Gasteiger charge is 2.32. The third-order valence-electron chi connectivity index (χ3n) is 4.51. The molecule has 0 radical (unpaired) electrons. The number of ether oxygens (including phenoxy) is 1. The Kier molecular flexibility index (Phi) is 7.67. The molecule has 0 spiro atoms. The monoisotopic (exact) mass is 447 g/mol. The fourth-order valence-electron chi connectivity index (χ4n) is 3.12. The van der Waals surface area contributed by atoms with Gasteiger partial charge in [0.25, 0.3) is 5.91 Å². The SMILES string of the molecule is COc1ccc(C)cc1N([C@H](C)C(=O)Nc1ccccc1C(=O)NC(C)C)S(C)(=O)=O. The summed E-state index contributed by atoms with van der Waals surface area (Å²) in [5, 5.41) is 5.48. The van der Waals surface area contributed by atoms with Crippen LogP contribution in [0.15, 0.2) is 42.5 Å². The van der Waals surface area contributed by atoms with Crippen molar-refractivity contribution >= 4 is 33.2 Å². The molecule has 1 atom stereocenters. The summed E-state index contributed by atoms with van der Waals surface area (Å²) in [4.78, 5) is 25.5. The van der Waals surface area contributed by atoms with Gasteiger partial charge in [0, 0.05) is 6.04 Å². The summed E-state index contributed by atoms with van der Waals surface area (Å²) in [6.07, 6.45) is 1.03. The molecule has 0 aliphatic rings. The Balaban J connectivity index is 2.41. The van der Waals surface area contributed by atoms with E-state index in [-0.39, 0.29) is 23.2 Å². The van der Waals surface area contributed by atoms with E-state index >= 15 is 0 Å². The van der Waals surface area contributed by atoms with E-state index in [4.69, 9.17) is 4.74 Å². The molecule has 168 valence electrons. The first kappa shape index (κ1) is 24.2. The number of hydrogen-bond acceptors (Lipinski definition) is 5. The Morgan fingerprint density at radius 3 is 2.29 bits per heavy atom. The Morgan fingerprint density at radius 1 is 1.06 bits per heavy atom. The molecule has 0 saturated heterocycles. The van der Waals surface area contributed by atoms with E-state index in [2.05, 4.69) is 10.6 Å². The number of methoxy groups -OCH3 is 1. The van der Waals surface area contributed by atoms with Gasteiger partial charge in [-0.1, -0.05) is 18.2 Å². The molecule has 8 nitrogen and oxygen atoms in total. The largest absolute Gasteiger partial charge is 0.495 e. The summed E-state index contributed by atoms with van der Waals surface area (Å²) in [7, 11) is -2.40. The van der Waals surface area contributed by atoms with Crippen LogP contribution in [-0.2, 0) is 14.8 Å². The number of para-hydroxylation sites is 1. The van der Waals surface area contributed by atoms with Crippen LogP contribution in [0.3, 0.4) is 0 Å². The third kappa shape index (κ3) is 5.97. The van der Waals surface area contributed by atoms with Gasteiger partial charge in [-0.3, -0.25) is 13.9 Å². The molecule has 2 aromatic carbocycles. The van der Waals surface area contributed by atoms with Gasteiger partial charge in [0.05, 0.1) is 30.3 Å². The van der Waals surface area contributed by atoms with Crippen LogP contribution < -0.4 is 19.7 Å². The molecule has 0 fully saturated rings. The summed E-state index contributed by atoms with van der Waals surface area (Å²) in [5.74, 6) is -0.593. The lowest BCUT2D eigenvalue weighted by Crippen LogP contribution is -2.45. The van der Waals surface area contributed by atoms with Gasteiger partial charge in [0.15, 0.2) is 0 Å². The van der Waals surface area contributed by atoms with Gasteiger partial charge >= 0.3 is 0 Å². The Bertz CT molecular complexity index is 1070. The Morgan fingerprint density at radius 2 is 1.71 bits per heavy atom. The zero-order valence-electron chi connectivity index (χ0n) is 18.6. The van der Waals surface area contributed by atoms with Gasteiger partial charge in [0.2, 0.25) is 15.9 Å². The topological polar surface area (TPSA) is 105 Å². The maximum absolute atomic E-state index is 13.1. The normalized spacial score (nSPS) is 12.2. The zero-order chi connectivity index (χ0) is 23.3. The molecule has 2 rings (SSSR count). The van der Waals surface area contributed by atoms with Crippen molar-refractivity contribution in [2.75, 3.05) is 23.0 Å². The highest BCUT2D eigenvalue weighted by atomic mass is 32.2. The van der Waals surface area contributed by atoms with Crippen LogP contribution in [0, 0.1) is 6.92 Å². The Labute approximate surface area is 183 Å². The first-order valence-corrected chi connectivity index (χ1v) is 11.6. The lowest BCUT2D eigenvalue weighted by molar-refractivity contribution is -0.116. The van der Waals surface area contributed by atoms with Crippen LogP contribution in [0.4, 0.5) is 11.4 Å². The van der Waals surface area contributed by atoms with E-state index in [0.717, 1.165) is 16.1 Å². The number of sulfonamides is 1. The van der Waals surface area contributed by atoms with Gasteiger partial charge in [-0.15, -0.1) is 0 Å². The van der Waals surface area contributed by atoms with Crippen molar-refractivity contribution < 1.29 is 22.7 Å². The van der Waals surface area contributed by atoms with Crippen molar-refractivity contribution in [3.63, 3.8) is 0 Å². The molecule has 0 aliphatic heterocycles. The number of nitrogens with one attached hydrogen (secondary N) is 2. The lowest BCUT2D eigenvalue weighted by atomic mass is 10.1. The minimum absolute atomic E-state index is 0.0790. The smallest absolute Gasteiger partial charge is 0.253 e. The predicted octanol–water partition coefficient (Wildman–Crippen LogP) is 2.94. The molecular formula is C22H29N3O5S. The van der Waals surface area contributed by atoms with Crippen molar-refractivity contribution in [1.82, 2.24) is 5.32 Å². The first-order chi connectivity index (χ1) is 14.5. The third-order valence-corrected chi connectivity index (χ3v) is 5.74. The minimum atomic E-state index is -3.83. The molecule has 0 heterocycles. The summed E-state index contributed by atoms with van der Waals surface area (Å²) in [6, 6.07) is 10.5. The second kappa shape index (κ2) is 9.82. The second-order valence-electron chi connectivity index (χ2n) is 7.57. The van der Waals surface area contributed by atoms with Crippen molar-refractivity contribution in [2.24, 2.45) is 0 Å². The molecule has 0 bridgehead atoms. The predicted molar refractivity (Wildman–Crippen MR) is 122 cm³/mol. The van der Waals surface area contributed by atoms with Crippen LogP contribution in [0.25, 0.3) is 0 Å².